The number of rotatable bonds is 6. The topological polar surface area (TPSA) is 64.6 Å². The molecular formula is C15H25N3O2. The fourth-order valence-electron chi connectivity index (χ4n) is 1.76. The summed E-state index contributed by atoms with van der Waals surface area (Å²) in [4.78, 5) is 13.9. The Hall–Kier alpha value is -1.75. The smallest absolute Gasteiger partial charge is 0.319 e. The number of amides is 2. The molecule has 5 heteroatoms. The Kier molecular flexibility index (Phi) is 6.31. The highest BCUT2D eigenvalue weighted by atomic mass is 16.3. The molecule has 2 amide bonds. The molecule has 0 aliphatic rings. The maximum absolute atomic E-state index is 11.8. The van der Waals surface area contributed by atoms with Crippen LogP contribution < -0.4 is 15.5 Å². The number of nitrogens with one attached hydrogen (secondary N) is 2. The maximum Gasteiger partial charge on any atom is 0.319 e. The summed E-state index contributed by atoms with van der Waals surface area (Å²) in [7, 11) is 2.02. The summed E-state index contributed by atoms with van der Waals surface area (Å²) >= 11 is 0. The molecule has 5 nitrogen and oxygen atoms in total. The van der Waals surface area contributed by atoms with Crippen LogP contribution in [0.4, 0.5) is 16.2 Å². The van der Waals surface area contributed by atoms with Gasteiger partial charge in [-0.3, -0.25) is 0 Å². The van der Waals surface area contributed by atoms with Crippen LogP contribution in [0.3, 0.4) is 0 Å². The number of aliphatic hydroxyl groups excluding tert-OH is 1. The number of hydrogen-bond acceptors (Lipinski definition) is 3. The summed E-state index contributed by atoms with van der Waals surface area (Å²) < 4.78 is 0. The second-order valence-corrected chi connectivity index (χ2v) is 5.27. The van der Waals surface area contributed by atoms with Crippen LogP contribution >= 0.6 is 0 Å². The molecule has 1 atom stereocenters. The fraction of sp³-hybridized carbons (Fsp3) is 0.533. The SMILES string of the molecule is CC(C)N(C)c1cccc(NC(=O)N[C@H](C)CCO)c1. The first-order valence-electron chi connectivity index (χ1n) is 6.95. The molecule has 1 aromatic rings. The van der Waals surface area contributed by atoms with Gasteiger partial charge in [-0.25, -0.2) is 4.79 Å². The van der Waals surface area contributed by atoms with E-state index in [1.54, 1.807) is 0 Å². The summed E-state index contributed by atoms with van der Waals surface area (Å²) in [5.74, 6) is 0. The lowest BCUT2D eigenvalue weighted by atomic mass is 10.2. The van der Waals surface area contributed by atoms with Crippen LogP contribution in [0.2, 0.25) is 0 Å². The Morgan fingerprint density at radius 3 is 2.65 bits per heavy atom. The van der Waals surface area contributed by atoms with Crippen molar-refractivity contribution in [3.05, 3.63) is 24.3 Å². The van der Waals surface area contributed by atoms with Gasteiger partial charge in [0, 0.05) is 37.1 Å². The highest BCUT2D eigenvalue weighted by molar-refractivity contribution is 5.90. The molecule has 0 aliphatic heterocycles. The molecule has 0 spiro atoms. The predicted octanol–water partition coefficient (Wildman–Crippen LogP) is 2.42. The van der Waals surface area contributed by atoms with Crippen molar-refractivity contribution in [2.75, 3.05) is 23.9 Å². The van der Waals surface area contributed by atoms with Crippen LogP contribution in [0, 0.1) is 0 Å². The second kappa shape index (κ2) is 7.75. The van der Waals surface area contributed by atoms with E-state index in [2.05, 4.69) is 29.4 Å². The summed E-state index contributed by atoms with van der Waals surface area (Å²) in [6.07, 6.45) is 0.545. The van der Waals surface area contributed by atoms with Gasteiger partial charge in [0.1, 0.15) is 0 Å². The Morgan fingerprint density at radius 1 is 1.35 bits per heavy atom. The van der Waals surface area contributed by atoms with Gasteiger partial charge in [-0.2, -0.15) is 0 Å². The lowest BCUT2D eigenvalue weighted by Crippen LogP contribution is -2.36. The first kappa shape index (κ1) is 16.3. The van der Waals surface area contributed by atoms with Gasteiger partial charge in [-0.05, 0) is 45.4 Å². The minimum Gasteiger partial charge on any atom is -0.396 e. The third-order valence-corrected chi connectivity index (χ3v) is 3.23. The average Bonchev–Trinajstić information content (AvgIpc) is 2.37. The van der Waals surface area contributed by atoms with Gasteiger partial charge in [0.2, 0.25) is 0 Å². The van der Waals surface area contributed by atoms with Crippen molar-refractivity contribution in [3.63, 3.8) is 0 Å². The van der Waals surface area contributed by atoms with E-state index in [0.717, 1.165) is 11.4 Å². The average molecular weight is 279 g/mol. The summed E-state index contributed by atoms with van der Waals surface area (Å²) in [5, 5.41) is 14.4. The van der Waals surface area contributed by atoms with Crippen LogP contribution in [-0.2, 0) is 0 Å². The van der Waals surface area contributed by atoms with Crippen LogP contribution in [0.5, 0.6) is 0 Å². The van der Waals surface area contributed by atoms with E-state index in [9.17, 15) is 4.79 Å². The Labute approximate surface area is 121 Å². The standard InChI is InChI=1S/C15H25N3O2/c1-11(2)18(4)14-7-5-6-13(10-14)17-15(20)16-12(3)8-9-19/h5-7,10-12,19H,8-9H2,1-4H3,(H2,16,17,20)/t12-/m1/s1. The Bertz CT molecular complexity index is 435. The molecule has 112 valence electrons. The van der Waals surface area contributed by atoms with E-state index in [1.807, 2.05) is 38.2 Å². The molecule has 3 N–H and O–H groups in total. The van der Waals surface area contributed by atoms with Crippen LogP contribution in [-0.4, -0.2) is 36.9 Å². The zero-order valence-corrected chi connectivity index (χ0v) is 12.7. The third-order valence-electron chi connectivity index (χ3n) is 3.23. The van der Waals surface area contributed by atoms with Gasteiger partial charge in [0.15, 0.2) is 0 Å². The molecule has 0 saturated heterocycles. The number of nitrogens with zero attached hydrogens (tertiary/aromatic N) is 1. The number of urea groups is 1. The van der Waals surface area contributed by atoms with Crippen molar-refractivity contribution in [3.8, 4) is 0 Å². The minimum atomic E-state index is -0.254. The molecule has 0 bridgehead atoms. The minimum absolute atomic E-state index is 0.0541. The van der Waals surface area contributed by atoms with Gasteiger partial charge in [0.25, 0.3) is 0 Å². The zero-order valence-electron chi connectivity index (χ0n) is 12.7. The first-order chi connectivity index (χ1) is 9.43. The molecule has 0 heterocycles. The van der Waals surface area contributed by atoms with Crippen molar-refractivity contribution in [1.29, 1.82) is 0 Å². The number of aliphatic hydroxyl groups is 1. The van der Waals surface area contributed by atoms with E-state index in [-0.39, 0.29) is 18.7 Å². The predicted molar refractivity (Wildman–Crippen MR) is 83.3 cm³/mol. The quantitative estimate of drug-likeness (QED) is 0.749. The van der Waals surface area contributed by atoms with Crippen molar-refractivity contribution >= 4 is 17.4 Å². The van der Waals surface area contributed by atoms with Crippen molar-refractivity contribution in [2.45, 2.75) is 39.3 Å². The van der Waals surface area contributed by atoms with Gasteiger partial charge in [-0.1, -0.05) is 6.07 Å². The molecule has 1 rings (SSSR count). The van der Waals surface area contributed by atoms with Crippen molar-refractivity contribution < 1.29 is 9.90 Å². The molecular weight excluding hydrogens is 254 g/mol. The highest BCUT2D eigenvalue weighted by Crippen LogP contribution is 2.19. The number of benzene rings is 1. The zero-order chi connectivity index (χ0) is 15.1. The first-order valence-corrected chi connectivity index (χ1v) is 6.95. The fourth-order valence-corrected chi connectivity index (χ4v) is 1.76. The van der Waals surface area contributed by atoms with Gasteiger partial charge >= 0.3 is 6.03 Å². The normalized spacial score (nSPS) is 12.1. The largest absolute Gasteiger partial charge is 0.396 e. The third kappa shape index (κ3) is 5.09. The van der Waals surface area contributed by atoms with E-state index >= 15 is 0 Å². The van der Waals surface area contributed by atoms with Crippen molar-refractivity contribution in [2.24, 2.45) is 0 Å². The van der Waals surface area contributed by atoms with E-state index in [4.69, 9.17) is 5.11 Å². The Balaban J connectivity index is 2.64. The monoisotopic (exact) mass is 279 g/mol. The number of carbonyl (C=O) groups is 1. The lowest BCUT2D eigenvalue weighted by Gasteiger charge is -2.24. The second-order valence-electron chi connectivity index (χ2n) is 5.27. The van der Waals surface area contributed by atoms with Crippen molar-refractivity contribution in [1.82, 2.24) is 5.32 Å². The van der Waals surface area contributed by atoms with E-state index in [0.29, 0.717) is 12.5 Å². The molecule has 20 heavy (non-hydrogen) atoms. The molecule has 0 aliphatic carbocycles. The van der Waals surface area contributed by atoms with E-state index < -0.39 is 0 Å². The maximum atomic E-state index is 11.8. The molecule has 0 unspecified atom stereocenters. The summed E-state index contributed by atoms with van der Waals surface area (Å²) in [6.45, 7) is 6.15. The van der Waals surface area contributed by atoms with Gasteiger partial charge in [0.05, 0.1) is 0 Å². The molecule has 1 aromatic carbocycles. The molecule has 0 fully saturated rings. The molecule has 0 aromatic heterocycles. The lowest BCUT2D eigenvalue weighted by molar-refractivity contribution is 0.241. The van der Waals surface area contributed by atoms with Gasteiger partial charge < -0.3 is 20.6 Å². The van der Waals surface area contributed by atoms with E-state index in [1.165, 1.54) is 0 Å². The van der Waals surface area contributed by atoms with Crippen LogP contribution in [0.15, 0.2) is 24.3 Å². The Morgan fingerprint density at radius 2 is 2.05 bits per heavy atom. The highest BCUT2D eigenvalue weighted by Gasteiger charge is 2.09. The van der Waals surface area contributed by atoms with Crippen LogP contribution in [0.25, 0.3) is 0 Å². The number of carbonyl (C=O) groups excluding carboxylic acids is 1. The van der Waals surface area contributed by atoms with Crippen LogP contribution in [0.1, 0.15) is 27.2 Å². The summed E-state index contributed by atoms with van der Waals surface area (Å²) in [5.41, 5.74) is 1.81. The van der Waals surface area contributed by atoms with Gasteiger partial charge in [-0.15, -0.1) is 0 Å². The number of hydrogen-bond donors (Lipinski definition) is 3. The molecule has 0 radical (unpaired) electrons. The molecule has 0 saturated carbocycles. The number of anilines is 2. The summed E-state index contributed by atoms with van der Waals surface area (Å²) in [6, 6.07) is 7.81.